The van der Waals surface area contributed by atoms with Gasteiger partial charge in [-0.2, -0.15) is 0 Å². The van der Waals surface area contributed by atoms with Crippen molar-refractivity contribution in [3.05, 3.63) is 34.9 Å². The third kappa shape index (κ3) is 5.47. The maximum absolute atomic E-state index is 13.2. The lowest BCUT2D eigenvalue weighted by Gasteiger charge is -2.31. The maximum atomic E-state index is 13.2. The minimum Gasteiger partial charge on any atom is -0.342 e. The second-order valence-electron chi connectivity index (χ2n) is 8.26. The van der Waals surface area contributed by atoms with Crippen LogP contribution in [0.2, 0.25) is 5.02 Å². The Hall–Kier alpha value is -1.14. The number of piperidine rings is 1. The van der Waals surface area contributed by atoms with Crippen molar-refractivity contribution in [2.45, 2.75) is 57.8 Å². The fourth-order valence-corrected chi connectivity index (χ4v) is 4.79. The summed E-state index contributed by atoms with van der Waals surface area (Å²) in [6.07, 6.45) is 3.27. The van der Waals surface area contributed by atoms with Crippen LogP contribution in [0.5, 0.6) is 0 Å². The monoisotopic (exact) mass is 406 g/mol. The smallest absolute Gasteiger partial charge is 0.239 e. The molecule has 2 atom stereocenters. The van der Waals surface area contributed by atoms with Crippen molar-refractivity contribution in [3.8, 4) is 0 Å². The molecule has 3 rings (SSSR count). The van der Waals surface area contributed by atoms with E-state index in [1.807, 2.05) is 23.1 Å². The van der Waals surface area contributed by atoms with Gasteiger partial charge in [0.2, 0.25) is 5.91 Å². The summed E-state index contributed by atoms with van der Waals surface area (Å²) in [7, 11) is 2.19. The Morgan fingerprint density at radius 3 is 2.57 bits per heavy atom. The number of rotatable bonds is 7. The van der Waals surface area contributed by atoms with E-state index in [-0.39, 0.29) is 11.9 Å². The van der Waals surface area contributed by atoms with Crippen molar-refractivity contribution in [1.29, 1.82) is 0 Å². The zero-order chi connectivity index (χ0) is 20.1. The summed E-state index contributed by atoms with van der Waals surface area (Å²) >= 11 is 6.18. The van der Waals surface area contributed by atoms with E-state index in [1.165, 1.54) is 18.4 Å². The molecule has 156 valence electrons. The Labute approximate surface area is 175 Å². The van der Waals surface area contributed by atoms with E-state index < -0.39 is 0 Å². The number of nitrogens with zero attached hydrogens (tertiary/aromatic N) is 3. The fourth-order valence-electron chi connectivity index (χ4n) is 4.58. The number of likely N-dealkylation sites (N-methyl/N-ethyl adjacent to an activating group) is 1. The Bertz CT molecular complexity index is 643. The quantitative estimate of drug-likeness (QED) is 0.755. The number of halogens is 1. The van der Waals surface area contributed by atoms with Gasteiger partial charge in [-0.3, -0.25) is 9.69 Å². The van der Waals surface area contributed by atoms with Crippen molar-refractivity contribution < 1.29 is 4.79 Å². The summed E-state index contributed by atoms with van der Waals surface area (Å²) < 4.78 is 0. The third-order valence-corrected chi connectivity index (χ3v) is 6.46. The van der Waals surface area contributed by atoms with E-state index in [0.717, 1.165) is 50.7 Å². The molecule has 1 N–H and O–H groups in total. The van der Waals surface area contributed by atoms with Gasteiger partial charge in [-0.1, -0.05) is 23.7 Å². The first-order chi connectivity index (χ1) is 13.5. The van der Waals surface area contributed by atoms with Crippen molar-refractivity contribution in [2.24, 2.45) is 0 Å². The molecule has 1 aromatic rings. The summed E-state index contributed by atoms with van der Waals surface area (Å²) in [6.45, 7) is 9.64. The predicted octanol–water partition coefficient (Wildman–Crippen LogP) is 2.84. The number of carbonyl (C=O) groups excluding carboxylic acids is 1. The topological polar surface area (TPSA) is 38.8 Å². The van der Waals surface area contributed by atoms with Crippen LogP contribution in [0.4, 0.5) is 0 Å². The van der Waals surface area contributed by atoms with Gasteiger partial charge in [0.15, 0.2) is 0 Å². The molecule has 2 heterocycles. The maximum Gasteiger partial charge on any atom is 0.239 e. The van der Waals surface area contributed by atoms with Gasteiger partial charge in [0.05, 0.1) is 6.04 Å². The molecule has 0 spiro atoms. The summed E-state index contributed by atoms with van der Waals surface area (Å²) in [5, 5.41) is 4.61. The zero-order valence-corrected chi connectivity index (χ0v) is 18.3. The van der Waals surface area contributed by atoms with Crippen LogP contribution in [0.1, 0.15) is 38.7 Å². The highest BCUT2D eigenvalue weighted by Gasteiger charge is 2.39. The summed E-state index contributed by atoms with van der Waals surface area (Å²) in [5.41, 5.74) is 1.17. The third-order valence-electron chi connectivity index (χ3n) is 6.23. The lowest BCUT2D eigenvalue weighted by Crippen LogP contribution is -2.46. The molecule has 6 heteroatoms. The van der Waals surface area contributed by atoms with Crippen LogP contribution in [0.15, 0.2) is 24.3 Å². The number of carbonyl (C=O) groups is 1. The standard InChI is InChI=1S/C22H35ClN4O/c1-4-26(5-2)22(28)21-14-20(24-19-9-11-25(3)12-10-19)16-27(21)15-17-7-6-8-18(23)13-17/h6-8,13,19-21,24H,4-5,9-12,14-16H2,1-3H3/t20-,21+/m1/s1. The van der Waals surface area contributed by atoms with Crippen molar-refractivity contribution in [3.63, 3.8) is 0 Å². The van der Waals surface area contributed by atoms with Crippen LogP contribution in [0, 0.1) is 0 Å². The summed E-state index contributed by atoms with van der Waals surface area (Å²) in [6, 6.07) is 8.89. The van der Waals surface area contributed by atoms with Crippen LogP contribution in [-0.4, -0.2) is 78.5 Å². The molecule has 28 heavy (non-hydrogen) atoms. The Balaban J connectivity index is 1.69. The normalized spacial score (nSPS) is 24.6. The van der Waals surface area contributed by atoms with Gasteiger partial charge in [0.1, 0.15) is 0 Å². The molecule has 5 nitrogen and oxygen atoms in total. The van der Waals surface area contributed by atoms with E-state index >= 15 is 0 Å². The molecule has 2 aliphatic heterocycles. The lowest BCUT2D eigenvalue weighted by atomic mass is 10.0. The van der Waals surface area contributed by atoms with Crippen molar-refractivity contribution in [2.75, 3.05) is 39.8 Å². The molecule has 0 saturated carbocycles. The number of likely N-dealkylation sites (tertiary alicyclic amines) is 2. The Morgan fingerprint density at radius 2 is 1.93 bits per heavy atom. The highest BCUT2D eigenvalue weighted by atomic mass is 35.5. The number of amides is 1. The largest absolute Gasteiger partial charge is 0.342 e. The first kappa shape index (κ1) is 21.6. The highest BCUT2D eigenvalue weighted by molar-refractivity contribution is 6.30. The molecule has 1 amide bonds. The van der Waals surface area contributed by atoms with Crippen LogP contribution in [0.25, 0.3) is 0 Å². The average molecular weight is 407 g/mol. The van der Waals surface area contributed by atoms with E-state index in [2.05, 4.69) is 42.1 Å². The number of benzene rings is 1. The molecule has 0 unspecified atom stereocenters. The molecular weight excluding hydrogens is 372 g/mol. The first-order valence-electron chi connectivity index (χ1n) is 10.7. The summed E-state index contributed by atoms with van der Waals surface area (Å²) in [5.74, 6) is 0.264. The number of nitrogens with one attached hydrogen (secondary N) is 1. The van der Waals surface area contributed by atoms with Gasteiger partial charge in [0, 0.05) is 43.3 Å². The van der Waals surface area contributed by atoms with E-state index in [4.69, 9.17) is 11.6 Å². The van der Waals surface area contributed by atoms with Gasteiger partial charge in [-0.05, 0) is 70.9 Å². The number of hydrogen-bond acceptors (Lipinski definition) is 4. The lowest BCUT2D eigenvalue weighted by molar-refractivity contribution is -0.135. The fraction of sp³-hybridized carbons (Fsp3) is 0.682. The zero-order valence-electron chi connectivity index (χ0n) is 17.5. The molecule has 2 saturated heterocycles. The molecule has 0 radical (unpaired) electrons. The molecule has 2 fully saturated rings. The Morgan fingerprint density at radius 1 is 1.21 bits per heavy atom. The van der Waals surface area contributed by atoms with Crippen LogP contribution >= 0.6 is 11.6 Å². The van der Waals surface area contributed by atoms with E-state index in [9.17, 15) is 4.79 Å². The van der Waals surface area contributed by atoms with E-state index in [1.54, 1.807) is 0 Å². The number of hydrogen-bond donors (Lipinski definition) is 1. The van der Waals surface area contributed by atoms with Crippen LogP contribution < -0.4 is 5.32 Å². The molecular formula is C22H35ClN4O. The second-order valence-corrected chi connectivity index (χ2v) is 8.70. The van der Waals surface area contributed by atoms with E-state index in [0.29, 0.717) is 12.1 Å². The average Bonchev–Trinajstić information content (AvgIpc) is 3.06. The Kier molecular flexibility index (Phi) is 7.75. The van der Waals surface area contributed by atoms with Crippen molar-refractivity contribution >= 4 is 17.5 Å². The van der Waals surface area contributed by atoms with Crippen LogP contribution in [0.3, 0.4) is 0 Å². The molecule has 2 aliphatic rings. The molecule has 1 aromatic carbocycles. The molecule has 0 aliphatic carbocycles. The molecule has 0 aromatic heterocycles. The van der Waals surface area contributed by atoms with Crippen LogP contribution in [-0.2, 0) is 11.3 Å². The van der Waals surface area contributed by atoms with Gasteiger partial charge in [-0.25, -0.2) is 0 Å². The first-order valence-corrected chi connectivity index (χ1v) is 11.1. The van der Waals surface area contributed by atoms with Gasteiger partial charge in [0.25, 0.3) is 0 Å². The second kappa shape index (κ2) is 10.1. The van der Waals surface area contributed by atoms with Gasteiger partial charge < -0.3 is 15.1 Å². The van der Waals surface area contributed by atoms with Gasteiger partial charge in [-0.15, -0.1) is 0 Å². The molecule has 0 bridgehead atoms. The predicted molar refractivity (Wildman–Crippen MR) is 116 cm³/mol. The SMILES string of the molecule is CCN(CC)C(=O)[C@@H]1C[C@@H](NC2CCN(C)CC2)CN1Cc1cccc(Cl)c1. The highest BCUT2D eigenvalue weighted by Crippen LogP contribution is 2.25. The van der Waals surface area contributed by atoms with Crippen molar-refractivity contribution in [1.82, 2.24) is 20.0 Å². The van der Waals surface area contributed by atoms with Gasteiger partial charge >= 0.3 is 0 Å². The minimum atomic E-state index is -0.0531. The minimum absolute atomic E-state index is 0.0531. The summed E-state index contributed by atoms with van der Waals surface area (Å²) in [4.78, 5) is 19.9.